The van der Waals surface area contributed by atoms with Gasteiger partial charge >= 0.3 is 0 Å². The third-order valence-electron chi connectivity index (χ3n) is 0.566. The second kappa shape index (κ2) is 4.56. The maximum Gasteiger partial charge on any atom is 0.0617 e. The summed E-state index contributed by atoms with van der Waals surface area (Å²) in [5.74, 6) is 0. The third kappa shape index (κ3) is 5.40. The van der Waals surface area contributed by atoms with E-state index in [0.29, 0.717) is 0 Å². The molecule has 0 bridgehead atoms. The maximum absolute atomic E-state index is 3.84. The fourth-order valence-corrected chi connectivity index (χ4v) is 0.271. The molecule has 0 rings (SSSR count). The summed E-state index contributed by atoms with van der Waals surface area (Å²) in [5, 5.41) is 9.30. The fraction of sp³-hybridized carbons (Fsp3) is 1.00. The van der Waals surface area contributed by atoms with Gasteiger partial charge in [-0.25, -0.2) is 0 Å². The fourth-order valence-electron chi connectivity index (χ4n) is 0.271. The van der Waals surface area contributed by atoms with Crippen molar-refractivity contribution in [3.05, 3.63) is 0 Å². The Balaban J connectivity index is 3.07. The molecule has 0 heterocycles. The highest BCUT2D eigenvalue weighted by molar-refractivity contribution is 4.30. The molecule has 0 aromatic carbocycles. The van der Waals surface area contributed by atoms with Gasteiger partial charge in [-0.05, 0) is 6.42 Å². The van der Waals surface area contributed by atoms with E-state index in [-0.39, 0.29) is 0 Å². The van der Waals surface area contributed by atoms with Gasteiger partial charge in [0.2, 0.25) is 0 Å². The lowest BCUT2D eigenvalue weighted by Crippen LogP contribution is -1.99. The molecule has 0 aliphatic carbocycles. The van der Waals surface area contributed by atoms with Gasteiger partial charge in [-0.1, -0.05) is 12.1 Å². The van der Waals surface area contributed by atoms with Crippen LogP contribution in [0.5, 0.6) is 0 Å². The largest absolute Gasteiger partial charge is 0.285 e. The SMILES string of the molecule is CCCN=NN(C)C. The molecule has 0 saturated carbocycles. The van der Waals surface area contributed by atoms with E-state index in [4.69, 9.17) is 0 Å². The van der Waals surface area contributed by atoms with Crippen molar-refractivity contribution in [2.75, 3.05) is 20.6 Å². The van der Waals surface area contributed by atoms with Crippen molar-refractivity contribution in [3.63, 3.8) is 0 Å². The van der Waals surface area contributed by atoms with Crippen LogP contribution in [0.3, 0.4) is 0 Å². The lowest BCUT2D eigenvalue weighted by atomic mass is 10.5. The van der Waals surface area contributed by atoms with Gasteiger partial charge in [0.15, 0.2) is 0 Å². The molecule has 0 aromatic heterocycles. The molecule has 0 spiro atoms. The summed E-state index contributed by atoms with van der Waals surface area (Å²) in [4.78, 5) is 0. The van der Waals surface area contributed by atoms with Crippen LogP contribution in [0.2, 0.25) is 0 Å². The minimum absolute atomic E-state index is 0.832. The van der Waals surface area contributed by atoms with E-state index in [2.05, 4.69) is 17.3 Å². The molecule has 0 aromatic rings. The average molecular weight is 115 g/mol. The first-order valence-electron chi connectivity index (χ1n) is 2.82. The molecule has 0 unspecified atom stereocenters. The van der Waals surface area contributed by atoms with Crippen LogP contribution in [-0.4, -0.2) is 25.6 Å². The summed E-state index contributed by atoms with van der Waals surface area (Å²) in [7, 11) is 3.72. The molecule has 3 heteroatoms. The smallest absolute Gasteiger partial charge is 0.0617 e. The summed E-state index contributed by atoms with van der Waals surface area (Å²) < 4.78 is 0. The van der Waals surface area contributed by atoms with E-state index in [1.807, 2.05) is 14.1 Å². The van der Waals surface area contributed by atoms with Crippen molar-refractivity contribution in [1.29, 1.82) is 0 Å². The molecule has 48 valence electrons. The van der Waals surface area contributed by atoms with Crippen LogP contribution in [-0.2, 0) is 0 Å². The van der Waals surface area contributed by atoms with E-state index >= 15 is 0 Å². The molecular weight excluding hydrogens is 102 g/mol. The minimum atomic E-state index is 0.832. The van der Waals surface area contributed by atoms with Crippen LogP contribution in [0.25, 0.3) is 0 Å². The van der Waals surface area contributed by atoms with Crippen molar-refractivity contribution in [2.24, 2.45) is 10.3 Å². The van der Waals surface area contributed by atoms with Gasteiger partial charge in [0.25, 0.3) is 0 Å². The molecule has 8 heavy (non-hydrogen) atoms. The molecule has 0 aliphatic rings. The van der Waals surface area contributed by atoms with Gasteiger partial charge in [-0.15, -0.1) is 0 Å². The first kappa shape index (κ1) is 7.40. The van der Waals surface area contributed by atoms with Crippen LogP contribution in [0.15, 0.2) is 10.3 Å². The Bertz CT molecular complexity index is 68.1. The quantitative estimate of drug-likeness (QED) is 0.402. The number of hydrogen-bond acceptors (Lipinski definition) is 2. The molecule has 0 aliphatic heterocycles. The molecule has 0 amide bonds. The normalized spacial score (nSPS) is 10.4. The Labute approximate surface area is 50.4 Å². The summed E-state index contributed by atoms with van der Waals surface area (Å²) in [6.45, 7) is 2.91. The maximum atomic E-state index is 3.84. The molecule has 0 radical (unpaired) electrons. The van der Waals surface area contributed by atoms with Gasteiger partial charge < -0.3 is 0 Å². The standard InChI is InChI=1S/C5H13N3/c1-4-5-6-7-8(2)3/h4-5H2,1-3H3. The zero-order valence-electron chi connectivity index (χ0n) is 5.76. The predicted octanol–water partition coefficient (Wildman–Crippen LogP) is 1.33. The Kier molecular flexibility index (Phi) is 4.21. The highest BCUT2D eigenvalue weighted by Gasteiger charge is 1.75. The molecule has 0 N–H and O–H groups in total. The Hall–Kier alpha value is -0.600. The van der Waals surface area contributed by atoms with E-state index in [1.165, 1.54) is 0 Å². The summed E-state index contributed by atoms with van der Waals surface area (Å²) in [6.07, 6.45) is 1.07. The van der Waals surface area contributed by atoms with Crippen LogP contribution in [0, 0.1) is 0 Å². The zero-order chi connectivity index (χ0) is 6.41. The summed E-state index contributed by atoms with van der Waals surface area (Å²) in [6, 6.07) is 0. The molecule has 0 atom stereocenters. The van der Waals surface area contributed by atoms with Crippen LogP contribution in [0.1, 0.15) is 13.3 Å². The molecule has 3 nitrogen and oxygen atoms in total. The van der Waals surface area contributed by atoms with Crippen molar-refractivity contribution < 1.29 is 0 Å². The second-order valence-electron chi connectivity index (χ2n) is 1.80. The van der Waals surface area contributed by atoms with Gasteiger partial charge in [-0.3, -0.25) is 5.01 Å². The summed E-state index contributed by atoms with van der Waals surface area (Å²) >= 11 is 0. The first-order valence-corrected chi connectivity index (χ1v) is 2.82. The number of hydrogen-bond donors (Lipinski definition) is 0. The lowest BCUT2D eigenvalue weighted by molar-refractivity contribution is 0.398. The van der Waals surface area contributed by atoms with E-state index in [1.54, 1.807) is 5.01 Å². The molecular formula is C5H13N3. The topological polar surface area (TPSA) is 28.0 Å². The highest BCUT2D eigenvalue weighted by Crippen LogP contribution is 1.81. The Morgan fingerprint density at radius 1 is 1.38 bits per heavy atom. The average Bonchev–Trinajstić information content (AvgIpc) is 1.66. The minimum Gasteiger partial charge on any atom is -0.285 e. The first-order chi connectivity index (χ1) is 3.77. The Morgan fingerprint density at radius 2 is 2.00 bits per heavy atom. The van der Waals surface area contributed by atoms with Crippen molar-refractivity contribution in [1.82, 2.24) is 5.01 Å². The van der Waals surface area contributed by atoms with Crippen molar-refractivity contribution in [2.45, 2.75) is 13.3 Å². The summed E-state index contributed by atoms with van der Waals surface area (Å²) in [5.41, 5.74) is 0. The van der Waals surface area contributed by atoms with Crippen LogP contribution in [0.4, 0.5) is 0 Å². The van der Waals surface area contributed by atoms with Crippen molar-refractivity contribution in [3.8, 4) is 0 Å². The second-order valence-corrected chi connectivity index (χ2v) is 1.80. The van der Waals surface area contributed by atoms with Crippen molar-refractivity contribution >= 4 is 0 Å². The number of rotatable bonds is 3. The van der Waals surface area contributed by atoms with Gasteiger partial charge in [0.1, 0.15) is 0 Å². The van der Waals surface area contributed by atoms with Crippen LogP contribution < -0.4 is 0 Å². The number of nitrogens with zero attached hydrogens (tertiary/aromatic N) is 3. The van der Waals surface area contributed by atoms with Gasteiger partial charge in [-0.2, -0.15) is 5.11 Å². The molecule has 0 saturated heterocycles. The monoisotopic (exact) mass is 115 g/mol. The van der Waals surface area contributed by atoms with Gasteiger partial charge in [0, 0.05) is 14.1 Å². The van der Waals surface area contributed by atoms with E-state index < -0.39 is 0 Å². The molecule has 0 fully saturated rings. The van der Waals surface area contributed by atoms with Gasteiger partial charge in [0.05, 0.1) is 6.54 Å². The Morgan fingerprint density at radius 3 is 2.38 bits per heavy atom. The predicted molar refractivity (Wildman–Crippen MR) is 33.7 cm³/mol. The van der Waals surface area contributed by atoms with E-state index in [9.17, 15) is 0 Å². The third-order valence-corrected chi connectivity index (χ3v) is 0.566. The zero-order valence-corrected chi connectivity index (χ0v) is 5.76. The van der Waals surface area contributed by atoms with Crippen LogP contribution >= 0.6 is 0 Å². The highest BCUT2D eigenvalue weighted by atomic mass is 15.5. The van der Waals surface area contributed by atoms with E-state index in [0.717, 1.165) is 13.0 Å². The lowest BCUT2D eigenvalue weighted by Gasteiger charge is -1.98.